The Bertz CT molecular complexity index is 335. The second-order valence-electron chi connectivity index (χ2n) is 5.12. The van der Waals surface area contributed by atoms with Gasteiger partial charge in [0.1, 0.15) is 0 Å². The SMILES string of the molecule is CCc1noc(C2CC3CCC(C3)C2)n1. The van der Waals surface area contributed by atoms with Crippen LogP contribution in [0.1, 0.15) is 56.7 Å². The maximum atomic E-state index is 5.36. The zero-order valence-corrected chi connectivity index (χ0v) is 9.28. The van der Waals surface area contributed by atoms with Crippen LogP contribution in [0.25, 0.3) is 0 Å². The van der Waals surface area contributed by atoms with Gasteiger partial charge in [0.25, 0.3) is 0 Å². The Morgan fingerprint density at radius 1 is 1.20 bits per heavy atom. The van der Waals surface area contributed by atoms with E-state index in [-0.39, 0.29) is 0 Å². The van der Waals surface area contributed by atoms with Crippen LogP contribution in [0, 0.1) is 11.8 Å². The summed E-state index contributed by atoms with van der Waals surface area (Å²) in [6, 6.07) is 0. The van der Waals surface area contributed by atoms with Crippen LogP contribution >= 0.6 is 0 Å². The number of fused-ring (bicyclic) bond motifs is 2. The zero-order valence-electron chi connectivity index (χ0n) is 9.28. The van der Waals surface area contributed by atoms with Crippen molar-refractivity contribution in [1.82, 2.24) is 10.1 Å². The minimum Gasteiger partial charge on any atom is -0.339 e. The van der Waals surface area contributed by atoms with E-state index in [1.54, 1.807) is 0 Å². The Hall–Kier alpha value is -0.860. The average molecular weight is 206 g/mol. The van der Waals surface area contributed by atoms with Crippen molar-refractivity contribution in [2.24, 2.45) is 11.8 Å². The van der Waals surface area contributed by atoms with E-state index in [0.717, 1.165) is 30.0 Å². The summed E-state index contributed by atoms with van der Waals surface area (Å²) in [6.07, 6.45) is 7.74. The Kier molecular flexibility index (Phi) is 2.26. The van der Waals surface area contributed by atoms with Gasteiger partial charge in [-0.3, -0.25) is 0 Å². The van der Waals surface area contributed by atoms with Crippen LogP contribution < -0.4 is 0 Å². The van der Waals surface area contributed by atoms with E-state index < -0.39 is 0 Å². The standard InChI is InChI=1S/C12H18N2O/c1-2-11-13-12(15-14-11)10-6-8-3-4-9(5-8)7-10/h8-10H,2-7H2,1H3. The first kappa shape index (κ1) is 9.37. The second-order valence-corrected chi connectivity index (χ2v) is 5.12. The molecule has 2 fully saturated rings. The summed E-state index contributed by atoms with van der Waals surface area (Å²) in [5.74, 6) is 4.20. The molecule has 1 aromatic rings. The van der Waals surface area contributed by atoms with E-state index in [1.165, 1.54) is 32.1 Å². The molecule has 82 valence electrons. The molecular weight excluding hydrogens is 188 g/mol. The van der Waals surface area contributed by atoms with Gasteiger partial charge in [-0.15, -0.1) is 0 Å². The number of hydrogen-bond donors (Lipinski definition) is 0. The predicted molar refractivity (Wildman–Crippen MR) is 56.5 cm³/mol. The van der Waals surface area contributed by atoms with Crippen molar-refractivity contribution in [3.05, 3.63) is 11.7 Å². The Morgan fingerprint density at radius 2 is 1.93 bits per heavy atom. The number of rotatable bonds is 2. The minimum absolute atomic E-state index is 0.559. The van der Waals surface area contributed by atoms with Crippen molar-refractivity contribution >= 4 is 0 Å². The van der Waals surface area contributed by atoms with Crippen molar-refractivity contribution in [2.45, 2.75) is 51.4 Å². The largest absolute Gasteiger partial charge is 0.339 e. The minimum atomic E-state index is 0.559. The van der Waals surface area contributed by atoms with Crippen molar-refractivity contribution in [3.8, 4) is 0 Å². The van der Waals surface area contributed by atoms with Gasteiger partial charge in [-0.1, -0.05) is 24.9 Å². The molecule has 1 aromatic heterocycles. The number of nitrogens with zero attached hydrogens (tertiary/aromatic N) is 2. The van der Waals surface area contributed by atoms with E-state index >= 15 is 0 Å². The molecule has 0 aliphatic heterocycles. The van der Waals surface area contributed by atoms with Gasteiger partial charge in [0.05, 0.1) is 0 Å². The van der Waals surface area contributed by atoms with Crippen LogP contribution in [-0.4, -0.2) is 10.1 Å². The van der Waals surface area contributed by atoms with Gasteiger partial charge in [-0.2, -0.15) is 4.98 Å². The maximum absolute atomic E-state index is 5.36. The van der Waals surface area contributed by atoms with Gasteiger partial charge in [0.15, 0.2) is 5.82 Å². The summed E-state index contributed by atoms with van der Waals surface area (Å²) in [6.45, 7) is 2.07. The molecule has 0 aromatic carbocycles. The Labute approximate surface area is 90.3 Å². The lowest BCUT2D eigenvalue weighted by Crippen LogP contribution is -2.14. The summed E-state index contributed by atoms with van der Waals surface area (Å²) < 4.78 is 5.36. The molecule has 2 aliphatic carbocycles. The van der Waals surface area contributed by atoms with E-state index in [4.69, 9.17) is 4.52 Å². The Morgan fingerprint density at radius 3 is 2.53 bits per heavy atom. The van der Waals surface area contributed by atoms with E-state index in [2.05, 4.69) is 17.1 Å². The second kappa shape index (κ2) is 3.62. The molecule has 1 heterocycles. The highest BCUT2D eigenvalue weighted by Gasteiger charge is 2.36. The van der Waals surface area contributed by atoms with Crippen molar-refractivity contribution in [1.29, 1.82) is 0 Å². The van der Waals surface area contributed by atoms with Gasteiger partial charge in [0, 0.05) is 12.3 Å². The van der Waals surface area contributed by atoms with Gasteiger partial charge in [-0.05, 0) is 31.1 Å². The topological polar surface area (TPSA) is 38.9 Å². The van der Waals surface area contributed by atoms with Crippen molar-refractivity contribution in [2.75, 3.05) is 0 Å². The molecule has 0 spiro atoms. The molecule has 2 unspecified atom stereocenters. The van der Waals surface area contributed by atoms with E-state index in [9.17, 15) is 0 Å². The van der Waals surface area contributed by atoms with Crippen LogP contribution in [0.4, 0.5) is 0 Å². The van der Waals surface area contributed by atoms with E-state index in [0.29, 0.717) is 5.92 Å². The molecule has 2 saturated carbocycles. The summed E-state index contributed by atoms with van der Waals surface area (Å²) in [7, 11) is 0. The molecule has 2 bridgehead atoms. The molecule has 0 saturated heterocycles. The van der Waals surface area contributed by atoms with Crippen LogP contribution in [0.3, 0.4) is 0 Å². The number of hydrogen-bond acceptors (Lipinski definition) is 3. The summed E-state index contributed by atoms with van der Waals surface area (Å²) in [5.41, 5.74) is 0. The van der Waals surface area contributed by atoms with Gasteiger partial charge in [-0.25, -0.2) is 0 Å². The lowest BCUT2D eigenvalue weighted by molar-refractivity contribution is 0.261. The van der Waals surface area contributed by atoms with E-state index in [1.807, 2.05) is 0 Å². The van der Waals surface area contributed by atoms with Gasteiger partial charge >= 0.3 is 0 Å². The summed E-state index contributed by atoms with van der Waals surface area (Å²) >= 11 is 0. The molecule has 2 aliphatic rings. The van der Waals surface area contributed by atoms with Crippen molar-refractivity contribution in [3.63, 3.8) is 0 Å². The quantitative estimate of drug-likeness (QED) is 0.746. The van der Waals surface area contributed by atoms with Gasteiger partial charge < -0.3 is 4.52 Å². The third-order valence-corrected chi connectivity index (χ3v) is 4.03. The van der Waals surface area contributed by atoms with Crippen LogP contribution in [0.15, 0.2) is 4.52 Å². The predicted octanol–water partition coefficient (Wildman–Crippen LogP) is 2.93. The fraction of sp³-hybridized carbons (Fsp3) is 0.833. The first-order valence-corrected chi connectivity index (χ1v) is 6.17. The molecule has 3 nitrogen and oxygen atoms in total. The normalized spacial score (nSPS) is 34.6. The fourth-order valence-electron chi connectivity index (χ4n) is 3.29. The molecule has 3 heteroatoms. The first-order chi connectivity index (χ1) is 7.35. The lowest BCUT2D eigenvalue weighted by Gasteiger charge is -2.24. The molecule has 0 amide bonds. The molecule has 3 rings (SSSR count). The smallest absolute Gasteiger partial charge is 0.229 e. The molecular formula is C12H18N2O. The Balaban J connectivity index is 1.77. The molecule has 0 radical (unpaired) electrons. The first-order valence-electron chi connectivity index (χ1n) is 6.17. The number of aryl methyl sites for hydroxylation is 1. The van der Waals surface area contributed by atoms with Crippen LogP contribution in [-0.2, 0) is 6.42 Å². The highest BCUT2D eigenvalue weighted by molar-refractivity contribution is 5.00. The van der Waals surface area contributed by atoms with Crippen LogP contribution in [0.2, 0.25) is 0 Å². The maximum Gasteiger partial charge on any atom is 0.229 e. The average Bonchev–Trinajstić information content (AvgIpc) is 2.85. The number of aromatic nitrogens is 2. The fourth-order valence-corrected chi connectivity index (χ4v) is 3.29. The monoisotopic (exact) mass is 206 g/mol. The zero-order chi connectivity index (χ0) is 10.3. The highest BCUT2D eigenvalue weighted by Crippen LogP contribution is 2.47. The lowest BCUT2D eigenvalue weighted by atomic mass is 9.81. The van der Waals surface area contributed by atoms with Crippen molar-refractivity contribution < 1.29 is 4.52 Å². The third-order valence-electron chi connectivity index (χ3n) is 4.03. The summed E-state index contributed by atoms with van der Waals surface area (Å²) in [4.78, 5) is 4.47. The molecule has 15 heavy (non-hydrogen) atoms. The molecule has 2 atom stereocenters. The van der Waals surface area contributed by atoms with Crippen LogP contribution in [0.5, 0.6) is 0 Å². The molecule has 0 N–H and O–H groups in total. The summed E-state index contributed by atoms with van der Waals surface area (Å²) in [5, 5.41) is 3.99. The van der Waals surface area contributed by atoms with Gasteiger partial charge in [0.2, 0.25) is 5.89 Å². The third kappa shape index (κ3) is 1.68. The highest BCUT2D eigenvalue weighted by atomic mass is 16.5.